The largest absolute Gasteiger partial charge is 0.443 e. The van der Waals surface area contributed by atoms with E-state index in [1.54, 1.807) is 18.2 Å². The highest BCUT2D eigenvalue weighted by molar-refractivity contribution is 9.09. The molecule has 1 unspecified atom stereocenters. The van der Waals surface area contributed by atoms with Crippen LogP contribution in [0.1, 0.15) is 15.9 Å². The lowest BCUT2D eigenvalue weighted by Crippen LogP contribution is -2.12. The molecule has 3 heteroatoms. The van der Waals surface area contributed by atoms with Gasteiger partial charge in [0, 0.05) is 0 Å². The predicted octanol–water partition coefficient (Wildman–Crippen LogP) is 3.48. The molecule has 2 nitrogen and oxygen atoms in total. The molecule has 16 heavy (non-hydrogen) atoms. The molecule has 0 N–H and O–H groups in total. The maximum atomic E-state index is 11.8. The molecule has 0 aliphatic carbocycles. The average Bonchev–Trinajstić information content (AvgIpc) is 2.30. The van der Waals surface area contributed by atoms with Crippen LogP contribution in [0.3, 0.4) is 0 Å². The van der Waals surface area contributed by atoms with E-state index >= 15 is 0 Å². The van der Waals surface area contributed by atoms with Gasteiger partial charge in [0.25, 0.3) is 0 Å². The van der Waals surface area contributed by atoms with Crippen LogP contribution in [-0.2, 0) is 11.2 Å². The third-order valence-corrected chi connectivity index (χ3v) is 2.57. The molecule has 0 saturated heterocycles. The van der Waals surface area contributed by atoms with Gasteiger partial charge in [0.15, 0.2) is 5.01 Å². The lowest BCUT2D eigenvalue weighted by Gasteiger charge is -2.10. The van der Waals surface area contributed by atoms with Crippen LogP contribution < -0.4 is 0 Å². The number of halogens is 1. The number of allylic oxidation sites excluding steroid dienone is 1. The molecule has 1 aromatic rings. The highest BCUT2D eigenvalue weighted by atomic mass is 79.9. The number of rotatable bonds is 5. The van der Waals surface area contributed by atoms with Crippen molar-refractivity contribution >= 4 is 21.9 Å². The van der Waals surface area contributed by atoms with Gasteiger partial charge in [-0.05, 0) is 40.1 Å². The van der Waals surface area contributed by atoms with Gasteiger partial charge in [0.1, 0.15) is 0 Å². The van der Waals surface area contributed by atoms with Crippen molar-refractivity contribution in [2.45, 2.75) is 11.4 Å². The zero-order chi connectivity index (χ0) is 12.0. The summed E-state index contributed by atoms with van der Waals surface area (Å²) in [4.78, 5) is 11.8. The number of hydrogen-bond acceptors (Lipinski definition) is 2. The maximum Gasteiger partial charge on any atom is 0.339 e. The van der Waals surface area contributed by atoms with Crippen molar-refractivity contribution in [2.24, 2.45) is 0 Å². The Labute approximate surface area is 104 Å². The monoisotopic (exact) mass is 280 g/mol. The van der Waals surface area contributed by atoms with Gasteiger partial charge < -0.3 is 4.74 Å². The van der Waals surface area contributed by atoms with Crippen LogP contribution in [0.25, 0.3) is 0 Å². The van der Waals surface area contributed by atoms with E-state index in [9.17, 15) is 4.79 Å². The molecule has 0 aliphatic heterocycles. The Balaban J connectivity index is 2.89. The van der Waals surface area contributed by atoms with Gasteiger partial charge >= 0.3 is 5.97 Å². The van der Waals surface area contributed by atoms with Crippen molar-refractivity contribution in [1.29, 1.82) is 0 Å². The Morgan fingerprint density at radius 1 is 1.44 bits per heavy atom. The Hall–Kier alpha value is -1.35. The quantitative estimate of drug-likeness (QED) is 0.469. The fourth-order valence-corrected chi connectivity index (χ4v) is 1.44. The predicted molar refractivity (Wildman–Crippen MR) is 68.7 cm³/mol. The van der Waals surface area contributed by atoms with E-state index in [1.807, 2.05) is 12.1 Å². The summed E-state index contributed by atoms with van der Waals surface area (Å²) in [7, 11) is 0. The highest BCUT2D eigenvalue weighted by Gasteiger charge is 2.13. The first-order chi connectivity index (χ1) is 7.69. The molecule has 0 heterocycles. The van der Waals surface area contributed by atoms with Crippen LogP contribution >= 0.6 is 15.9 Å². The lowest BCUT2D eigenvalue weighted by atomic mass is 10.1. The lowest BCUT2D eigenvalue weighted by molar-refractivity contribution is 0.0518. The van der Waals surface area contributed by atoms with Crippen LogP contribution in [0.4, 0.5) is 0 Å². The average molecular weight is 281 g/mol. The molecule has 0 aromatic heterocycles. The highest BCUT2D eigenvalue weighted by Crippen LogP contribution is 2.14. The molecule has 0 radical (unpaired) electrons. The Kier molecular flexibility index (Phi) is 4.99. The molecule has 0 saturated carbocycles. The van der Waals surface area contributed by atoms with E-state index in [1.165, 1.54) is 6.08 Å². The summed E-state index contributed by atoms with van der Waals surface area (Å²) in [5, 5.41) is -0.461. The first-order valence-electron chi connectivity index (χ1n) is 4.85. The number of carbonyl (C=O) groups excluding carboxylic acids is 1. The van der Waals surface area contributed by atoms with E-state index in [0.29, 0.717) is 12.0 Å². The second kappa shape index (κ2) is 6.28. The maximum absolute atomic E-state index is 11.8. The molecular formula is C13H13BrO2. The van der Waals surface area contributed by atoms with E-state index < -0.39 is 5.01 Å². The van der Waals surface area contributed by atoms with Gasteiger partial charge in [-0.25, -0.2) is 4.79 Å². The molecule has 0 aliphatic rings. The summed E-state index contributed by atoms with van der Waals surface area (Å²) in [6, 6.07) is 7.31. The summed E-state index contributed by atoms with van der Waals surface area (Å²) in [5.41, 5.74) is 1.47. The Morgan fingerprint density at radius 3 is 2.75 bits per heavy atom. The van der Waals surface area contributed by atoms with Crippen LogP contribution in [-0.4, -0.2) is 11.0 Å². The minimum absolute atomic E-state index is 0.362. The minimum Gasteiger partial charge on any atom is -0.443 e. The molecule has 1 rings (SSSR count). The fraction of sp³-hybridized carbons (Fsp3) is 0.154. The first-order valence-corrected chi connectivity index (χ1v) is 5.77. The summed E-state index contributed by atoms with van der Waals surface area (Å²) >= 11 is 3.16. The van der Waals surface area contributed by atoms with Crippen molar-refractivity contribution in [3.05, 3.63) is 60.7 Å². The smallest absolute Gasteiger partial charge is 0.339 e. The van der Waals surface area contributed by atoms with Crippen LogP contribution in [0.15, 0.2) is 49.6 Å². The topological polar surface area (TPSA) is 26.3 Å². The van der Waals surface area contributed by atoms with Crippen molar-refractivity contribution < 1.29 is 9.53 Å². The molecule has 0 spiro atoms. The van der Waals surface area contributed by atoms with Crippen molar-refractivity contribution in [3.8, 4) is 0 Å². The molecule has 0 amide bonds. The second-order valence-corrected chi connectivity index (χ2v) is 4.04. The number of alkyl halides is 1. The van der Waals surface area contributed by atoms with E-state index in [-0.39, 0.29) is 5.97 Å². The van der Waals surface area contributed by atoms with Crippen LogP contribution in [0.5, 0.6) is 0 Å². The number of ether oxygens (including phenoxy) is 1. The zero-order valence-electron chi connectivity index (χ0n) is 8.86. The normalized spacial score (nSPS) is 11.6. The Bertz CT molecular complexity index is 399. The van der Waals surface area contributed by atoms with E-state index in [2.05, 4.69) is 29.1 Å². The van der Waals surface area contributed by atoms with E-state index in [0.717, 1.165) is 5.56 Å². The van der Waals surface area contributed by atoms with Gasteiger partial charge in [-0.1, -0.05) is 30.9 Å². The minimum atomic E-state index is -0.461. The SMILES string of the molecule is C=CCc1ccccc1C(=O)OC(Br)C=C. The number of benzene rings is 1. The van der Waals surface area contributed by atoms with Crippen LogP contribution in [0, 0.1) is 0 Å². The van der Waals surface area contributed by atoms with Gasteiger partial charge in [-0.2, -0.15) is 0 Å². The summed E-state index contributed by atoms with van der Waals surface area (Å²) in [5.74, 6) is -0.362. The Morgan fingerprint density at radius 2 is 2.12 bits per heavy atom. The van der Waals surface area contributed by atoms with Gasteiger partial charge in [-0.15, -0.1) is 6.58 Å². The van der Waals surface area contributed by atoms with Gasteiger partial charge in [0.05, 0.1) is 5.56 Å². The molecule has 84 valence electrons. The van der Waals surface area contributed by atoms with Crippen molar-refractivity contribution in [1.82, 2.24) is 0 Å². The summed E-state index contributed by atoms with van der Waals surface area (Å²) in [6.07, 6.45) is 3.91. The van der Waals surface area contributed by atoms with Crippen LogP contribution in [0.2, 0.25) is 0 Å². The third kappa shape index (κ3) is 3.35. The van der Waals surface area contributed by atoms with Gasteiger partial charge in [0.2, 0.25) is 0 Å². The number of hydrogen-bond donors (Lipinski definition) is 0. The standard InChI is InChI=1S/C13H13BrO2/c1-3-7-10-8-5-6-9-11(10)13(15)16-12(14)4-2/h3-6,8-9,12H,1-2,7H2. The summed E-state index contributed by atoms with van der Waals surface area (Å²) < 4.78 is 5.10. The van der Waals surface area contributed by atoms with E-state index in [4.69, 9.17) is 4.74 Å². The zero-order valence-corrected chi connectivity index (χ0v) is 10.4. The number of carbonyl (C=O) groups is 1. The van der Waals surface area contributed by atoms with Crippen molar-refractivity contribution in [2.75, 3.05) is 0 Å². The van der Waals surface area contributed by atoms with Gasteiger partial charge in [-0.3, -0.25) is 0 Å². The fourth-order valence-electron chi connectivity index (χ4n) is 1.27. The molecule has 0 bridgehead atoms. The second-order valence-electron chi connectivity index (χ2n) is 3.14. The number of esters is 1. The first kappa shape index (κ1) is 12.7. The van der Waals surface area contributed by atoms with Crippen molar-refractivity contribution in [3.63, 3.8) is 0 Å². The third-order valence-electron chi connectivity index (χ3n) is 2.01. The molecular weight excluding hydrogens is 268 g/mol. The molecule has 1 aromatic carbocycles. The molecule has 0 fully saturated rings. The summed E-state index contributed by atoms with van der Waals surface area (Å²) in [6.45, 7) is 7.18. The molecule has 1 atom stereocenters.